The second-order valence-electron chi connectivity index (χ2n) is 8.84. The van der Waals surface area contributed by atoms with E-state index >= 15 is 0 Å². The van der Waals surface area contributed by atoms with Crippen molar-refractivity contribution < 1.29 is 9.32 Å². The first-order chi connectivity index (χ1) is 16.0. The van der Waals surface area contributed by atoms with Gasteiger partial charge in [0, 0.05) is 38.2 Å². The molecule has 1 aliphatic rings. The minimum absolute atomic E-state index is 0.00799. The molecule has 0 spiro atoms. The molecule has 0 unspecified atom stereocenters. The molecule has 1 saturated heterocycles. The topological polar surface area (TPSA) is 75.4 Å². The van der Waals surface area contributed by atoms with Crippen LogP contribution in [0.5, 0.6) is 0 Å². The maximum atomic E-state index is 12.0. The molecule has 8 heteroatoms. The van der Waals surface area contributed by atoms with Gasteiger partial charge in [-0.05, 0) is 22.8 Å². The third-order valence-corrected chi connectivity index (χ3v) is 6.25. The molecule has 1 amide bonds. The van der Waals surface area contributed by atoms with Crippen LogP contribution in [-0.2, 0) is 11.2 Å². The molecule has 5 rings (SSSR count). The van der Waals surface area contributed by atoms with E-state index < -0.39 is 0 Å². The molecular weight excluding hydrogens is 438 g/mol. The predicted molar refractivity (Wildman–Crippen MR) is 131 cm³/mol. The van der Waals surface area contributed by atoms with Gasteiger partial charge in [-0.1, -0.05) is 55.4 Å². The van der Waals surface area contributed by atoms with Gasteiger partial charge in [-0.2, -0.15) is 4.98 Å². The molecule has 0 aliphatic carbocycles. The van der Waals surface area contributed by atoms with Crippen molar-refractivity contribution in [3.8, 4) is 11.3 Å². The zero-order valence-electron chi connectivity index (χ0n) is 18.8. The van der Waals surface area contributed by atoms with Crippen LogP contribution in [0.1, 0.15) is 19.7 Å². The number of anilines is 1. The number of alkyl halides is 1. The Bertz CT molecular complexity index is 1310. The van der Waals surface area contributed by atoms with Crippen LogP contribution < -0.4 is 4.90 Å². The van der Waals surface area contributed by atoms with Gasteiger partial charge in [-0.25, -0.2) is 4.98 Å². The number of piperazine rings is 1. The second kappa shape index (κ2) is 8.98. The molecule has 0 bridgehead atoms. The van der Waals surface area contributed by atoms with Crippen LogP contribution in [0, 0.1) is 5.92 Å². The van der Waals surface area contributed by atoms with Crippen molar-refractivity contribution in [2.45, 2.75) is 20.3 Å². The normalized spacial score (nSPS) is 14.5. The third kappa shape index (κ3) is 4.25. The molecule has 4 aromatic rings. The van der Waals surface area contributed by atoms with Gasteiger partial charge in [0.15, 0.2) is 0 Å². The first-order valence-corrected chi connectivity index (χ1v) is 11.8. The fourth-order valence-corrected chi connectivity index (χ4v) is 4.52. The lowest BCUT2D eigenvalue weighted by Gasteiger charge is -2.35. The summed E-state index contributed by atoms with van der Waals surface area (Å²) in [6.07, 6.45) is 0.750. The van der Waals surface area contributed by atoms with Crippen molar-refractivity contribution in [1.82, 2.24) is 20.0 Å². The van der Waals surface area contributed by atoms with E-state index in [1.807, 2.05) is 12.1 Å². The molecule has 1 fully saturated rings. The summed E-state index contributed by atoms with van der Waals surface area (Å²) in [5, 5.41) is 7.54. The van der Waals surface area contributed by atoms with E-state index in [9.17, 15) is 4.79 Å². The van der Waals surface area contributed by atoms with Crippen LogP contribution in [0.25, 0.3) is 33.1 Å². The van der Waals surface area contributed by atoms with E-state index in [4.69, 9.17) is 21.1 Å². The molecule has 1 aliphatic heterocycles. The van der Waals surface area contributed by atoms with Crippen LogP contribution in [0.15, 0.2) is 47.0 Å². The summed E-state index contributed by atoms with van der Waals surface area (Å²) in [4.78, 5) is 25.7. The molecule has 2 aromatic heterocycles. The number of carbonyl (C=O) groups is 1. The second-order valence-corrected chi connectivity index (χ2v) is 9.10. The molecular formula is C25H26ClN5O2. The maximum Gasteiger partial charge on any atom is 0.263 e. The molecule has 33 heavy (non-hydrogen) atoms. The quantitative estimate of drug-likeness (QED) is 0.405. The Morgan fingerprint density at radius 2 is 1.82 bits per heavy atom. The molecule has 0 radical (unpaired) electrons. The molecule has 170 valence electrons. The van der Waals surface area contributed by atoms with Gasteiger partial charge in [-0.15, -0.1) is 11.6 Å². The predicted octanol–water partition coefficient (Wildman–Crippen LogP) is 4.52. The molecule has 0 N–H and O–H groups in total. The molecule has 3 heterocycles. The largest absolute Gasteiger partial charge is 0.352 e. The molecule has 2 aromatic carbocycles. The lowest BCUT2D eigenvalue weighted by atomic mass is 10.0. The van der Waals surface area contributed by atoms with E-state index in [0.717, 1.165) is 40.1 Å². The van der Waals surface area contributed by atoms with Crippen molar-refractivity contribution >= 4 is 45.2 Å². The van der Waals surface area contributed by atoms with Crippen molar-refractivity contribution in [1.29, 1.82) is 0 Å². The number of fused-ring (bicyclic) bond motifs is 2. The van der Waals surface area contributed by atoms with Gasteiger partial charge in [0.2, 0.25) is 5.91 Å². The zero-order chi connectivity index (χ0) is 22.9. The number of rotatable bonds is 5. The number of halogens is 1. The highest BCUT2D eigenvalue weighted by molar-refractivity contribution is 6.27. The van der Waals surface area contributed by atoms with Gasteiger partial charge < -0.3 is 14.3 Å². The zero-order valence-corrected chi connectivity index (χ0v) is 19.5. The van der Waals surface area contributed by atoms with E-state index in [0.29, 0.717) is 37.8 Å². The Morgan fingerprint density at radius 3 is 2.55 bits per heavy atom. The molecule has 0 saturated carbocycles. The minimum atomic E-state index is -0.0357. The Kier molecular flexibility index (Phi) is 5.89. The fraction of sp³-hybridized carbons (Fsp3) is 0.360. The van der Waals surface area contributed by atoms with E-state index in [-0.39, 0.29) is 11.8 Å². The Morgan fingerprint density at radius 1 is 1.06 bits per heavy atom. The lowest BCUT2D eigenvalue weighted by molar-refractivity contribution is -0.128. The van der Waals surface area contributed by atoms with E-state index in [2.05, 4.69) is 59.2 Å². The molecule has 0 atom stereocenters. The van der Waals surface area contributed by atoms with Crippen molar-refractivity contribution in [3.63, 3.8) is 0 Å². The van der Waals surface area contributed by atoms with Gasteiger partial charge in [0.1, 0.15) is 28.6 Å². The monoisotopic (exact) mass is 463 g/mol. The van der Waals surface area contributed by atoms with Crippen LogP contribution in [-0.4, -0.2) is 58.0 Å². The standard InChI is InChI=1S/C25H26ClN5O2/c1-16(2)13-20-27-24(31-11-9-30(10-12-31)21(32)15-26)22-23(29-33-25(22)28-20)19-8-7-17-5-3-4-6-18(17)14-19/h3-8,14,16H,9-13,15H2,1-2H3. The van der Waals surface area contributed by atoms with Crippen LogP contribution in [0.3, 0.4) is 0 Å². The summed E-state index contributed by atoms with van der Waals surface area (Å²) in [5.74, 6) is 1.95. The van der Waals surface area contributed by atoms with Crippen molar-refractivity contribution in [2.75, 3.05) is 37.0 Å². The van der Waals surface area contributed by atoms with Crippen LogP contribution in [0.2, 0.25) is 0 Å². The summed E-state index contributed by atoms with van der Waals surface area (Å²) in [7, 11) is 0. The summed E-state index contributed by atoms with van der Waals surface area (Å²) < 4.78 is 5.74. The molecule has 7 nitrogen and oxygen atoms in total. The number of hydrogen-bond acceptors (Lipinski definition) is 6. The Hall–Kier alpha value is -3.19. The summed E-state index contributed by atoms with van der Waals surface area (Å²) in [6, 6.07) is 14.5. The first-order valence-electron chi connectivity index (χ1n) is 11.3. The van der Waals surface area contributed by atoms with E-state index in [1.165, 1.54) is 5.39 Å². The first kappa shape index (κ1) is 21.6. The lowest BCUT2D eigenvalue weighted by Crippen LogP contribution is -2.49. The Labute approximate surface area is 197 Å². The SMILES string of the molecule is CC(C)Cc1nc(N2CCN(C(=O)CCl)CC2)c2c(-c3ccc4ccccc4c3)noc2n1. The number of amides is 1. The number of hydrogen-bond donors (Lipinski definition) is 0. The van der Waals surface area contributed by atoms with Gasteiger partial charge in [0.05, 0.1) is 0 Å². The Balaban J connectivity index is 1.59. The summed E-state index contributed by atoms with van der Waals surface area (Å²) in [6.45, 7) is 6.83. The van der Waals surface area contributed by atoms with Crippen molar-refractivity contribution in [2.24, 2.45) is 5.92 Å². The number of carbonyl (C=O) groups excluding carboxylic acids is 1. The fourth-order valence-electron chi connectivity index (χ4n) is 4.35. The van der Waals surface area contributed by atoms with Crippen molar-refractivity contribution in [3.05, 3.63) is 48.3 Å². The van der Waals surface area contributed by atoms with Gasteiger partial charge in [-0.3, -0.25) is 4.79 Å². The highest BCUT2D eigenvalue weighted by atomic mass is 35.5. The van der Waals surface area contributed by atoms with E-state index in [1.54, 1.807) is 4.90 Å². The highest BCUT2D eigenvalue weighted by Gasteiger charge is 2.27. The average molecular weight is 464 g/mol. The number of aromatic nitrogens is 3. The smallest absolute Gasteiger partial charge is 0.263 e. The average Bonchev–Trinajstić information content (AvgIpc) is 3.26. The highest BCUT2D eigenvalue weighted by Crippen LogP contribution is 2.35. The summed E-state index contributed by atoms with van der Waals surface area (Å²) in [5.41, 5.74) is 2.20. The van der Waals surface area contributed by atoms with Crippen LogP contribution >= 0.6 is 11.6 Å². The summed E-state index contributed by atoms with van der Waals surface area (Å²) >= 11 is 5.76. The maximum absolute atomic E-state index is 12.0. The van der Waals surface area contributed by atoms with Gasteiger partial charge >= 0.3 is 0 Å². The number of nitrogens with zero attached hydrogens (tertiary/aromatic N) is 5. The number of benzene rings is 2. The van der Waals surface area contributed by atoms with Gasteiger partial charge in [0.25, 0.3) is 5.71 Å². The third-order valence-electron chi connectivity index (χ3n) is 6.02. The van der Waals surface area contributed by atoms with Crippen LogP contribution in [0.4, 0.5) is 5.82 Å². The minimum Gasteiger partial charge on any atom is -0.352 e.